The lowest BCUT2D eigenvalue weighted by Crippen LogP contribution is -2.02. The molecule has 1 heterocycles. The van der Waals surface area contributed by atoms with Crippen LogP contribution in [0.4, 0.5) is 10.9 Å². The van der Waals surface area contributed by atoms with Gasteiger partial charge in [-0.05, 0) is 0 Å². The van der Waals surface area contributed by atoms with E-state index in [1.165, 1.54) is 7.11 Å². The Morgan fingerprint density at radius 1 is 1.86 bits per heavy atom. The van der Waals surface area contributed by atoms with Crippen molar-refractivity contribution in [2.24, 2.45) is 0 Å². The summed E-state index contributed by atoms with van der Waals surface area (Å²) in [5, 5.41) is 3.52. The summed E-state index contributed by atoms with van der Waals surface area (Å²) < 4.78 is 4.54. The predicted octanol–water partition coefficient (Wildman–Crippen LogP) is 1.11. The standard InChI is InChI=1S/C8H11N3O2S/c1-3-4-10-8-11-6(9)5(14-8)7(12)13-2/h3H,1,4,9H2,2H3,(H,10,11). The Bertz CT molecular complexity index is 348. The Morgan fingerprint density at radius 2 is 2.57 bits per heavy atom. The summed E-state index contributed by atoms with van der Waals surface area (Å²) in [7, 11) is 1.30. The van der Waals surface area contributed by atoms with E-state index in [0.29, 0.717) is 16.6 Å². The molecule has 0 aliphatic heterocycles. The number of hydrogen-bond acceptors (Lipinski definition) is 6. The molecule has 1 aromatic heterocycles. The Kier molecular flexibility index (Phi) is 3.47. The van der Waals surface area contributed by atoms with Crippen molar-refractivity contribution >= 4 is 28.3 Å². The van der Waals surface area contributed by atoms with Crippen LogP contribution in [0.3, 0.4) is 0 Å². The molecule has 1 aromatic rings. The third-order valence-electron chi connectivity index (χ3n) is 1.42. The van der Waals surface area contributed by atoms with Gasteiger partial charge >= 0.3 is 5.97 Å². The van der Waals surface area contributed by atoms with Crippen molar-refractivity contribution in [3.8, 4) is 0 Å². The normalized spacial score (nSPS) is 9.50. The number of carbonyl (C=O) groups excluding carboxylic acids is 1. The van der Waals surface area contributed by atoms with Gasteiger partial charge in [-0.3, -0.25) is 0 Å². The van der Waals surface area contributed by atoms with E-state index < -0.39 is 5.97 Å². The number of ether oxygens (including phenoxy) is 1. The fraction of sp³-hybridized carbons (Fsp3) is 0.250. The van der Waals surface area contributed by atoms with E-state index in [4.69, 9.17) is 5.73 Å². The van der Waals surface area contributed by atoms with Gasteiger partial charge in [0.15, 0.2) is 15.8 Å². The molecule has 0 atom stereocenters. The number of nitrogen functional groups attached to an aromatic ring is 1. The molecule has 0 unspecified atom stereocenters. The van der Waals surface area contributed by atoms with Crippen molar-refractivity contribution in [2.75, 3.05) is 24.7 Å². The highest BCUT2D eigenvalue weighted by atomic mass is 32.1. The number of nitrogens with one attached hydrogen (secondary N) is 1. The minimum Gasteiger partial charge on any atom is -0.465 e. The number of carbonyl (C=O) groups is 1. The fourth-order valence-electron chi connectivity index (χ4n) is 0.806. The molecule has 0 radical (unpaired) electrons. The summed E-state index contributed by atoms with van der Waals surface area (Å²) in [5.74, 6) is -0.278. The second-order valence-corrected chi connectivity index (χ2v) is 3.39. The third-order valence-corrected chi connectivity index (χ3v) is 2.43. The highest BCUT2D eigenvalue weighted by Crippen LogP contribution is 2.25. The van der Waals surface area contributed by atoms with Gasteiger partial charge in [0, 0.05) is 6.54 Å². The molecule has 0 aromatic carbocycles. The lowest BCUT2D eigenvalue weighted by Gasteiger charge is -1.94. The van der Waals surface area contributed by atoms with E-state index in [1.807, 2.05) is 0 Å². The van der Waals surface area contributed by atoms with Gasteiger partial charge < -0.3 is 15.8 Å². The van der Waals surface area contributed by atoms with Gasteiger partial charge in [0.1, 0.15) is 0 Å². The number of anilines is 2. The van der Waals surface area contributed by atoms with Crippen molar-refractivity contribution in [2.45, 2.75) is 0 Å². The third kappa shape index (κ3) is 2.23. The van der Waals surface area contributed by atoms with Crippen molar-refractivity contribution in [3.05, 3.63) is 17.5 Å². The lowest BCUT2D eigenvalue weighted by atomic mass is 10.5. The van der Waals surface area contributed by atoms with Crippen LogP contribution in [-0.4, -0.2) is 24.6 Å². The average Bonchev–Trinajstić information content (AvgIpc) is 2.55. The van der Waals surface area contributed by atoms with E-state index in [-0.39, 0.29) is 5.82 Å². The molecule has 6 heteroatoms. The zero-order valence-electron chi connectivity index (χ0n) is 7.74. The van der Waals surface area contributed by atoms with Crippen LogP contribution in [0.25, 0.3) is 0 Å². The summed E-state index contributed by atoms with van der Waals surface area (Å²) in [6, 6.07) is 0. The van der Waals surface area contributed by atoms with Crippen LogP contribution in [-0.2, 0) is 4.74 Å². The smallest absolute Gasteiger partial charge is 0.351 e. The molecule has 0 saturated heterocycles. The molecule has 0 amide bonds. The molecule has 0 fully saturated rings. The molecule has 0 bridgehead atoms. The number of thiazole rings is 1. The summed E-state index contributed by atoms with van der Waals surface area (Å²) in [6.45, 7) is 4.12. The molecule has 5 nitrogen and oxygen atoms in total. The summed E-state index contributed by atoms with van der Waals surface area (Å²) in [6.07, 6.45) is 1.69. The highest BCUT2D eigenvalue weighted by Gasteiger charge is 2.15. The number of methoxy groups -OCH3 is 1. The predicted molar refractivity (Wildman–Crippen MR) is 56.6 cm³/mol. The topological polar surface area (TPSA) is 77.2 Å². The summed E-state index contributed by atoms with van der Waals surface area (Å²) in [5.41, 5.74) is 5.52. The molecular formula is C8H11N3O2S. The Hall–Kier alpha value is -1.56. The van der Waals surface area contributed by atoms with Crippen molar-refractivity contribution in [3.63, 3.8) is 0 Å². The number of aromatic nitrogens is 1. The van der Waals surface area contributed by atoms with Crippen LogP contribution in [0.1, 0.15) is 9.67 Å². The van der Waals surface area contributed by atoms with E-state index in [1.54, 1.807) is 6.08 Å². The highest BCUT2D eigenvalue weighted by molar-refractivity contribution is 7.17. The Labute approximate surface area is 85.6 Å². The first-order valence-electron chi connectivity index (χ1n) is 3.88. The second-order valence-electron chi connectivity index (χ2n) is 2.39. The van der Waals surface area contributed by atoms with Gasteiger partial charge in [0.25, 0.3) is 0 Å². The van der Waals surface area contributed by atoms with Crippen LogP contribution in [0, 0.1) is 0 Å². The van der Waals surface area contributed by atoms with Crippen LogP contribution < -0.4 is 11.1 Å². The van der Waals surface area contributed by atoms with Gasteiger partial charge in [-0.15, -0.1) is 6.58 Å². The number of hydrogen-bond donors (Lipinski definition) is 2. The Balaban J connectivity index is 2.81. The zero-order valence-corrected chi connectivity index (χ0v) is 8.56. The van der Waals surface area contributed by atoms with E-state index >= 15 is 0 Å². The van der Waals surface area contributed by atoms with Gasteiger partial charge in [-0.2, -0.15) is 0 Å². The minimum absolute atomic E-state index is 0.188. The zero-order chi connectivity index (χ0) is 10.6. The van der Waals surface area contributed by atoms with Crippen LogP contribution in [0.2, 0.25) is 0 Å². The maximum absolute atomic E-state index is 11.1. The molecule has 1 rings (SSSR count). The first-order chi connectivity index (χ1) is 6.69. The first-order valence-corrected chi connectivity index (χ1v) is 4.70. The van der Waals surface area contributed by atoms with Gasteiger partial charge in [-0.1, -0.05) is 17.4 Å². The molecule has 0 aliphatic rings. The molecule has 76 valence electrons. The molecular weight excluding hydrogens is 202 g/mol. The SMILES string of the molecule is C=CCNc1nc(N)c(C(=O)OC)s1. The van der Waals surface area contributed by atoms with Crippen LogP contribution >= 0.6 is 11.3 Å². The van der Waals surface area contributed by atoms with Crippen LogP contribution in [0.15, 0.2) is 12.7 Å². The molecule has 14 heavy (non-hydrogen) atoms. The maximum atomic E-state index is 11.1. The van der Waals surface area contributed by atoms with E-state index in [9.17, 15) is 4.79 Å². The van der Waals surface area contributed by atoms with E-state index in [2.05, 4.69) is 21.6 Å². The number of nitrogens with zero attached hydrogens (tertiary/aromatic N) is 1. The number of rotatable bonds is 4. The average molecular weight is 213 g/mol. The number of esters is 1. The van der Waals surface area contributed by atoms with Gasteiger partial charge in [-0.25, -0.2) is 9.78 Å². The van der Waals surface area contributed by atoms with Crippen molar-refractivity contribution < 1.29 is 9.53 Å². The number of nitrogens with two attached hydrogens (primary N) is 1. The van der Waals surface area contributed by atoms with Gasteiger partial charge in [0.2, 0.25) is 0 Å². The Morgan fingerprint density at radius 3 is 3.14 bits per heavy atom. The second kappa shape index (κ2) is 4.61. The van der Waals surface area contributed by atoms with E-state index in [0.717, 1.165) is 11.3 Å². The maximum Gasteiger partial charge on any atom is 0.351 e. The largest absolute Gasteiger partial charge is 0.465 e. The monoisotopic (exact) mass is 213 g/mol. The molecule has 0 saturated carbocycles. The van der Waals surface area contributed by atoms with Crippen LogP contribution in [0.5, 0.6) is 0 Å². The van der Waals surface area contributed by atoms with Crippen molar-refractivity contribution in [1.29, 1.82) is 0 Å². The molecule has 3 N–H and O–H groups in total. The summed E-state index contributed by atoms with van der Waals surface area (Å²) >= 11 is 1.16. The fourth-order valence-corrected chi connectivity index (χ4v) is 1.62. The molecule has 0 aliphatic carbocycles. The first kappa shape index (κ1) is 10.5. The van der Waals surface area contributed by atoms with Gasteiger partial charge in [0.05, 0.1) is 7.11 Å². The van der Waals surface area contributed by atoms with Crippen molar-refractivity contribution in [1.82, 2.24) is 4.98 Å². The molecule has 0 spiro atoms. The summed E-state index contributed by atoms with van der Waals surface area (Å²) in [4.78, 5) is 15.4. The quantitative estimate of drug-likeness (QED) is 0.578. The lowest BCUT2D eigenvalue weighted by molar-refractivity contribution is 0.0607. The minimum atomic E-state index is -0.466.